The highest BCUT2D eigenvalue weighted by Crippen LogP contribution is 2.34. The highest BCUT2D eigenvalue weighted by atomic mass is 16.1. The molecule has 136 valence electrons. The Hall–Kier alpha value is -2.13. The molecule has 1 aliphatic heterocycles. The first-order valence-corrected chi connectivity index (χ1v) is 9.92. The molecule has 26 heavy (non-hydrogen) atoms. The molecule has 0 saturated carbocycles. The van der Waals surface area contributed by atoms with Crippen LogP contribution in [0.15, 0.2) is 36.4 Å². The summed E-state index contributed by atoms with van der Waals surface area (Å²) >= 11 is 0. The Kier molecular flexibility index (Phi) is 4.82. The fourth-order valence-electron chi connectivity index (χ4n) is 4.72. The number of aryl methyl sites for hydroxylation is 2. The van der Waals surface area contributed by atoms with Gasteiger partial charge < -0.3 is 9.47 Å². The van der Waals surface area contributed by atoms with Crippen LogP contribution in [0.5, 0.6) is 0 Å². The molecule has 1 unspecified atom stereocenters. The number of rotatable bonds is 6. The molecule has 1 atom stereocenters. The molecule has 0 aliphatic carbocycles. The number of carbonyl (C=O) groups is 1. The summed E-state index contributed by atoms with van der Waals surface area (Å²) in [5, 5.41) is 2.57. The van der Waals surface area contributed by atoms with E-state index < -0.39 is 0 Å². The smallest absolute Gasteiger partial charge is 0.150 e. The molecule has 0 spiro atoms. The molecule has 4 rings (SSSR count). The van der Waals surface area contributed by atoms with E-state index >= 15 is 0 Å². The van der Waals surface area contributed by atoms with Gasteiger partial charge in [0.1, 0.15) is 6.29 Å². The van der Waals surface area contributed by atoms with Crippen molar-refractivity contribution in [3.63, 3.8) is 0 Å². The average Bonchev–Trinajstić information content (AvgIpc) is 3.21. The minimum absolute atomic E-state index is 0.690. The van der Waals surface area contributed by atoms with E-state index in [1.54, 1.807) is 0 Å². The number of nitrogens with zero attached hydrogens (tertiary/aromatic N) is 2. The van der Waals surface area contributed by atoms with Gasteiger partial charge in [0.2, 0.25) is 0 Å². The maximum atomic E-state index is 11.6. The molecule has 0 bridgehead atoms. The Morgan fingerprint density at radius 1 is 1.15 bits per heavy atom. The van der Waals surface area contributed by atoms with Gasteiger partial charge in [-0.2, -0.15) is 0 Å². The van der Waals surface area contributed by atoms with E-state index in [-0.39, 0.29) is 0 Å². The second-order valence-electron chi connectivity index (χ2n) is 7.63. The number of fused-ring (bicyclic) bond motifs is 3. The predicted molar refractivity (Wildman–Crippen MR) is 109 cm³/mol. The Balaban J connectivity index is 1.85. The van der Waals surface area contributed by atoms with E-state index in [4.69, 9.17) is 0 Å². The summed E-state index contributed by atoms with van der Waals surface area (Å²) in [7, 11) is 2.25. The van der Waals surface area contributed by atoms with Crippen LogP contribution in [0.3, 0.4) is 0 Å². The van der Waals surface area contributed by atoms with Crippen molar-refractivity contribution in [2.45, 2.75) is 51.6 Å². The van der Waals surface area contributed by atoms with Crippen molar-refractivity contribution in [2.75, 3.05) is 13.6 Å². The third kappa shape index (κ3) is 2.84. The Labute approximate surface area is 155 Å². The van der Waals surface area contributed by atoms with E-state index in [9.17, 15) is 4.79 Å². The van der Waals surface area contributed by atoms with Crippen LogP contribution in [-0.2, 0) is 13.0 Å². The quantitative estimate of drug-likeness (QED) is 0.583. The fourth-order valence-corrected chi connectivity index (χ4v) is 4.72. The Morgan fingerprint density at radius 2 is 2.00 bits per heavy atom. The number of aromatic nitrogens is 1. The normalized spacial score (nSPS) is 18.2. The lowest BCUT2D eigenvalue weighted by Crippen LogP contribution is -2.26. The van der Waals surface area contributed by atoms with Gasteiger partial charge in [0.25, 0.3) is 0 Å². The van der Waals surface area contributed by atoms with Crippen molar-refractivity contribution in [3.8, 4) is 0 Å². The van der Waals surface area contributed by atoms with Crippen molar-refractivity contribution < 1.29 is 4.79 Å². The summed E-state index contributed by atoms with van der Waals surface area (Å²) in [5.74, 6) is 0. The molecule has 3 nitrogen and oxygen atoms in total. The minimum Gasteiger partial charge on any atom is -0.340 e. The van der Waals surface area contributed by atoms with Crippen LogP contribution < -0.4 is 0 Å². The van der Waals surface area contributed by atoms with Crippen LogP contribution in [0.2, 0.25) is 0 Å². The SMILES string of the molecule is CCCc1c(C=O)ccc2c1c1ccccc1n2CCC1CCCN1C. The molecule has 1 saturated heterocycles. The Morgan fingerprint density at radius 3 is 2.73 bits per heavy atom. The molecule has 1 aromatic heterocycles. The standard InChI is InChI=1S/C23H28N2O/c1-3-7-19-17(16-26)11-12-22-23(19)20-9-4-5-10-21(20)25(22)15-13-18-8-6-14-24(18)2/h4-5,9-12,16,18H,3,6-8,13-15H2,1-2H3. The maximum Gasteiger partial charge on any atom is 0.150 e. The highest BCUT2D eigenvalue weighted by molar-refractivity contribution is 6.11. The third-order valence-electron chi connectivity index (χ3n) is 6.07. The van der Waals surface area contributed by atoms with Crippen molar-refractivity contribution >= 4 is 28.1 Å². The monoisotopic (exact) mass is 348 g/mol. The summed E-state index contributed by atoms with van der Waals surface area (Å²) in [6, 6.07) is 13.5. The highest BCUT2D eigenvalue weighted by Gasteiger charge is 2.22. The van der Waals surface area contributed by atoms with Gasteiger partial charge in [-0.05, 0) is 63.0 Å². The molecule has 3 aromatic rings. The third-order valence-corrected chi connectivity index (χ3v) is 6.07. The van der Waals surface area contributed by atoms with E-state index in [0.29, 0.717) is 6.04 Å². The number of likely N-dealkylation sites (tertiary alicyclic amines) is 1. The van der Waals surface area contributed by atoms with Crippen LogP contribution in [0.25, 0.3) is 21.8 Å². The zero-order chi connectivity index (χ0) is 18.1. The van der Waals surface area contributed by atoms with Gasteiger partial charge in [-0.1, -0.05) is 31.5 Å². The molecule has 1 aliphatic rings. The summed E-state index contributed by atoms with van der Waals surface area (Å²) < 4.78 is 2.48. The summed E-state index contributed by atoms with van der Waals surface area (Å²) in [4.78, 5) is 14.1. The van der Waals surface area contributed by atoms with Crippen molar-refractivity contribution in [1.82, 2.24) is 9.47 Å². The molecule has 2 heterocycles. The molecule has 2 aromatic carbocycles. The summed E-state index contributed by atoms with van der Waals surface area (Å²) in [6.45, 7) is 4.44. The Bertz CT molecular complexity index is 940. The van der Waals surface area contributed by atoms with Gasteiger partial charge in [-0.25, -0.2) is 0 Å². The van der Waals surface area contributed by atoms with E-state index in [0.717, 1.165) is 31.2 Å². The van der Waals surface area contributed by atoms with Gasteiger partial charge in [-0.3, -0.25) is 4.79 Å². The van der Waals surface area contributed by atoms with Crippen LogP contribution in [0.1, 0.15) is 48.5 Å². The first kappa shape index (κ1) is 17.3. The number of hydrogen-bond acceptors (Lipinski definition) is 2. The second-order valence-corrected chi connectivity index (χ2v) is 7.63. The van der Waals surface area contributed by atoms with Gasteiger partial charge in [0, 0.05) is 40.0 Å². The van der Waals surface area contributed by atoms with Crippen molar-refractivity contribution in [2.24, 2.45) is 0 Å². The maximum absolute atomic E-state index is 11.6. The van der Waals surface area contributed by atoms with E-state index in [2.05, 4.69) is 53.8 Å². The number of carbonyl (C=O) groups excluding carboxylic acids is 1. The summed E-state index contributed by atoms with van der Waals surface area (Å²) in [5.41, 5.74) is 4.63. The van der Waals surface area contributed by atoms with Crippen LogP contribution >= 0.6 is 0 Å². The first-order valence-electron chi connectivity index (χ1n) is 9.92. The molecule has 0 amide bonds. The molecule has 1 fully saturated rings. The minimum atomic E-state index is 0.690. The second kappa shape index (κ2) is 7.24. The predicted octanol–water partition coefficient (Wildman–Crippen LogP) is 5.04. The zero-order valence-corrected chi connectivity index (χ0v) is 15.9. The molecular weight excluding hydrogens is 320 g/mol. The molecule has 3 heteroatoms. The number of hydrogen-bond donors (Lipinski definition) is 0. The fraction of sp³-hybridized carbons (Fsp3) is 0.435. The molecule has 0 N–H and O–H groups in total. The number of para-hydroxylation sites is 1. The zero-order valence-electron chi connectivity index (χ0n) is 15.9. The van der Waals surface area contributed by atoms with Gasteiger partial charge in [0.05, 0.1) is 0 Å². The van der Waals surface area contributed by atoms with Gasteiger partial charge in [0.15, 0.2) is 0 Å². The van der Waals surface area contributed by atoms with Crippen LogP contribution in [0, 0.1) is 0 Å². The summed E-state index contributed by atoms with van der Waals surface area (Å²) in [6.07, 6.45) is 6.83. The van der Waals surface area contributed by atoms with Gasteiger partial charge >= 0.3 is 0 Å². The van der Waals surface area contributed by atoms with Crippen molar-refractivity contribution in [3.05, 3.63) is 47.5 Å². The van der Waals surface area contributed by atoms with Crippen LogP contribution in [0.4, 0.5) is 0 Å². The van der Waals surface area contributed by atoms with Crippen molar-refractivity contribution in [1.29, 1.82) is 0 Å². The topological polar surface area (TPSA) is 25.2 Å². The number of benzene rings is 2. The first-order chi connectivity index (χ1) is 12.7. The number of aldehydes is 1. The van der Waals surface area contributed by atoms with Crippen LogP contribution in [-0.4, -0.2) is 35.4 Å². The lowest BCUT2D eigenvalue weighted by atomic mass is 9.97. The van der Waals surface area contributed by atoms with E-state index in [1.807, 2.05) is 6.07 Å². The lowest BCUT2D eigenvalue weighted by Gasteiger charge is -2.20. The lowest BCUT2D eigenvalue weighted by molar-refractivity contribution is 0.112. The molecular formula is C23H28N2O. The average molecular weight is 348 g/mol. The largest absolute Gasteiger partial charge is 0.340 e. The van der Waals surface area contributed by atoms with E-state index in [1.165, 1.54) is 53.2 Å². The molecule has 0 radical (unpaired) electrons. The van der Waals surface area contributed by atoms with Gasteiger partial charge in [-0.15, -0.1) is 0 Å².